The van der Waals surface area contributed by atoms with E-state index in [4.69, 9.17) is 4.99 Å². The highest BCUT2D eigenvalue weighted by Crippen LogP contribution is 2.40. The highest BCUT2D eigenvalue weighted by molar-refractivity contribution is 8.77. The number of carbonyl (C=O) groups is 1. The molecule has 3 aromatic carbocycles. The zero-order valence-corrected chi connectivity index (χ0v) is 25.6. The minimum Gasteiger partial charge on any atom is -0.326 e. The van der Waals surface area contributed by atoms with Crippen molar-refractivity contribution in [2.75, 3.05) is 17.6 Å². The number of nitrogens with zero attached hydrogens (tertiary/aromatic N) is 1. The molecule has 3 aromatic rings. The van der Waals surface area contributed by atoms with Gasteiger partial charge < -0.3 is 5.32 Å². The molecule has 1 amide bonds. The minimum absolute atomic E-state index is 0.100. The monoisotopic (exact) mass is 580 g/mol. The first kappa shape index (κ1) is 29.5. The van der Waals surface area contributed by atoms with E-state index in [1.807, 2.05) is 33.7 Å². The Morgan fingerprint density at radius 1 is 0.878 bits per heavy atom. The quantitative estimate of drug-likeness (QED) is 0.171. The third-order valence-corrected chi connectivity index (χ3v) is 10.6. The molecule has 1 heterocycles. The Kier molecular flexibility index (Phi) is 11.0. The fraction of sp³-hybridized carbons (Fsp3) is 0.333. The van der Waals surface area contributed by atoms with Gasteiger partial charge in [-0.05, 0) is 89.1 Å². The third kappa shape index (κ3) is 8.50. The van der Waals surface area contributed by atoms with Gasteiger partial charge >= 0.3 is 0 Å². The maximum absolute atomic E-state index is 12.6. The summed E-state index contributed by atoms with van der Waals surface area (Å²) in [4.78, 5) is 17.4. The first-order valence-electron chi connectivity index (χ1n) is 15.0. The second-order valence-corrected chi connectivity index (χ2v) is 13.6. The predicted octanol–water partition coefficient (Wildman–Crippen LogP) is 10.1. The molecule has 41 heavy (non-hydrogen) atoms. The smallest absolute Gasteiger partial charge is 0.224 e. The molecule has 0 radical (unpaired) electrons. The molecule has 1 fully saturated rings. The third-order valence-electron chi connectivity index (χ3n) is 7.61. The number of fused-ring (bicyclic) bond motifs is 1. The molecule has 3 nitrogen and oxygen atoms in total. The van der Waals surface area contributed by atoms with Crippen LogP contribution in [0.15, 0.2) is 102 Å². The topological polar surface area (TPSA) is 41.5 Å². The van der Waals surface area contributed by atoms with E-state index in [0.717, 1.165) is 53.6 Å². The highest BCUT2D eigenvalue weighted by Gasteiger charge is 2.16. The van der Waals surface area contributed by atoms with Crippen molar-refractivity contribution >= 4 is 55.2 Å². The van der Waals surface area contributed by atoms with Crippen molar-refractivity contribution in [3.8, 4) is 0 Å². The molecule has 1 unspecified atom stereocenters. The van der Waals surface area contributed by atoms with Crippen LogP contribution in [-0.4, -0.2) is 29.2 Å². The van der Waals surface area contributed by atoms with E-state index < -0.39 is 0 Å². The number of unbranched alkanes of at least 4 members (excludes halogenated alkanes) is 3. The lowest BCUT2D eigenvalue weighted by atomic mass is 9.89. The minimum atomic E-state index is 0.100. The summed E-state index contributed by atoms with van der Waals surface area (Å²) < 4.78 is 0. The number of anilines is 1. The van der Waals surface area contributed by atoms with Crippen LogP contribution in [0, 0.1) is 0 Å². The normalized spacial score (nSPS) is 16.4. The second kappa shape index (κ2) is 15.3. The number of rotatable bonds is 12. The summed E-state index contributed by atoms with van der Waals surface area (Å²) in [5.74, 6) is 1.37. The SMILES string of the molecule is CCCCCN=C1C=CC(=C(c2ccc(NC(=O)CCCCC3CCSS3)cc2)c2ccc3ccccc3c2)C=C1. The van der Waals surface area contributed by atoms with E-state index in [1.54, 1.807) is 0 Å². The maximum atomic E-state index is 12.6. The van der Waals surface area contributed by atoms with Gasteiger partial charge in [0.25, 0.3) is 0 Å². The lowest BCUT2D eigenvalue weighted by molar-refractivity contribution is -0.116. The van der Waals surface area contributed by atoms with E-state index in [-0.39, 0.29) is 5.91 Å². The standard InChI is InChI=1S/C36H40N2OS2/c1-2-3-8-24-37-32-19-15-28(16-20-32)36(31-14-13-27-9-4-5-10-30(27)26-31)29-17-21-33(22-18-29)38-35(39)12-7-6-11-34-23-25-40-41-34/h4-5,9-10,13-22,26,34H,2-3,6-8,11-12,23-25H2,1H3,(H,38,39). The van der Waals surface area contributed by atoms with Crippen LogP contribution in [0.25, 0.3) is 16.3 Å². The molecule has 1 aliphatic heterocycles. The Bertz CT molecular complexity index is 1430. The molecule has 0 spiro atoms. The lowest BCUT2D eigenvalue weighted by Crippen LogP contribution is -2.11. The summed E-state index contributed by atoms with van der Waals surface area (Å²) in [7, 11) is 4.00. The van der Waals surface area contributed by atoms with Gasteiger partial charge in [-0.2, -0.15) is 0 Å². The van der Waals surface area contributed by atoms with Crippen molar-refractivity contribution in [3.05, 3.63) is 108 Å². The van der Waals surface area contributed by atoms with Crippen molar-refractivity contribution in [1.29, 1.82) is 0 Å². The number of nitrogens with one attached hydrogen (secondary N) is 1. The Morgan fingerprint density at radius 2 is 1.66 bits per heavy atom. The van der Waals surface area contributed by atoms with Crippen molar-refractivity contribution in [3.63, 3.8) is 0 Å². The van der Waals surface area contributed by atoms with Gasteiger partial charge in [-0.25, -0.2) is 0 Å². The van der Waals surface area contributed by atoms with Crippen molar-refractivity contribution in [1.82, 2.24) is 0 Å². The van der Waals surface area contributed by atoms with Gasteiger partial charge in [0, 0.05) is 29.7 Å². The van der Waals surface area contributed by atoms with Crippen molar-refractivity contribution in [2.24, 2.45) is 4.99 Å². The molecular formula is C36H40N2OS2. The average Bonchev–Trinajstić information content (AvgIpc) is 3.53. The Hall–Kier alpha value is -3.02. The second-order valence-electron chi connectivity index (χ2n) is 10.8. The summed E-state index contributed by atoms with van der Waals surface area (Å²) in [6, 6.07) is 23.5. The molecule has 2 aliphatic rings. The van der Waals surface area contributed by atoms with Crippen LogP contribution in [0.1, 0.15) is 69.4 Å². The lowest BCUT2D eigenvalue weighted by Gasteiger charge is -2.16. The Labute approximate surface area is 253 Å². The van der Waals surface area contributed by atoms with Gasteiger partial charge in [-0.15, -0.1) is 0 Å². The van der Waals surface area contributed by atoms with E-state index in [0.29, 0.717) is 6.42 Å². The van der Waals surface area contributed by atoms with Crippen LogP contribution in [0.2, 0.25) is 0 Å². The average molecular weight is 581 g/mol. The molecule has 1 atom stereocenters. The number of amides is 1. The fourth-order valence-corrected chi connectivity index (χ4v) is 8.34. The number of carbonyl (C=O) groups excluding carboxylic acids is 1. The molecule has 1 N–H and O–H groups in total. The summed E-state index contributed by atoms with van der Waals surface area (Å²) in [5, 5.41) is 6.34. The fourth-order valence-electron chi connectivity index (χ4n) is 5.31. The summed E-state index contributed by atoms with van der Waals surface area (Å²) in [6.45, 7) is 3.09. The Balaban J connectivity index is 1.31. The van der Waals surface area contributed by atoms with Crippen LogP contribution in [0.3, 0.4) is 0 Å². The molecule has 0 saturated carbocycles. The molecule has 5 heteroatoms. The largest absolute Gasteiger partial charge is 0.326 e. The summed E-state index contributed by atoms with van der Waals surface area (Å²) in [5.41, 5.74) is 6.50. The molecule has 0 bridgehead atoms. The van der Waals surface area contributed by atoms with Gasteiger partial charge in [0.1, 0.15) is 0 Å². The van der Waals surface area contributed by atoms with Gasteiger partial charge in [0.15, 0.2) is 0 Å². The molecule has 1 saturated heterocycles. The van der Waals surface area contributed by atoms with Gasteiger partial charge in [0.2, 0.25) is 5.91 Å². The van der Waals surface area contributed by atoms with Crippen LogP contribution in [-0.2, 0) is 4.79 Å². The van der Waals surface area contributed by atoms with E-state index in [2.05, 4.69) is 91.1 Å². The number of benzene rings is 3. The van der Waals surface area contributed by atoms with Crippen LogP contribution in [0.5, 0.6) is 0 Å². The van der Waals surface area contributed by atoms with Crippen LogP contribution >= 0.6 is 21.6 Å². The van der Waals surface area contributed by atoms with E-state index in [1.165, 1.54) is 53.3 Å². The number of aliphatic imine (C=N–C) groups is 1. The van der Waals surface area contributed by atoms with Crippen molar-refractivity contribution < 1.29 is 4.79 Å². The molecule has 0 aromatic heterocycles. The molecule has 1 aliphatic carbocycles. The zero-order valence-electron chi connectivity index (χ0n) is 24.0. The summed E-state index contributed by atoms with van der Waals surface area (Å²) >= 11 is 0. The van der Waals surface area contributed by atoms with Gasteiger partial charge in [-0.3, -0.25) is 9.79 Å². The first-order chi connectivity index (χ1) is 20.2. The van der Waals surface area contributed by atoms with E-state index in [9.17, 15) is 4.79 Å². The predicted molar refractivity (Wildman–Crippen MR) is 182 cm³/mol. The number of allylic oxidation sites excluding steroid dienone is 5. The van der Waals surface area contributed by atoms with Crippen LogP contribution in [0.4, 0.5) is 5.69 Å². The highest BCUT2D eigenvalue weighted by atomic mass is 33.1. The zero-order chi connectivity index (χ0) is 28.3. The first-order valence-corrected chi connectivity index (χ1v) is 17.4. The molecule has 5 rings (SSSR count). The van der Waals surface area contributed by atoms with Crippen molar-refractivity contribution in [2.45, 2.75) is 63.5 Å². The Morgan fingerprint density at radius 3 is 2.41 bits per heavy atom. The van der Waals surface area contributed by atoms with Gasteiger partial charge in [-0.1, -0.05) is 108 Å². The molecule has 212 valence electrons. The van der Waals surface area contributed by atoms with Crippen LogP contribution < -0.4 is 5.32 Å². The van der Waals surface area contributed by atoms with E-state index >= 15 is 0 Å². The maximum Gasteiger partial charge on any atom is 0.224 e. The van der Waals surface area contributed by atoms with Gasteiger partial charge in [0.05, 0.1) is 5.71 Å². The molecular weight excluding hydrogens is 541 g/mol. The number of hydrogen-bond acceptors (Lipinski definition) is 4. The number of hydrogen-bond donors (Lipinski definition) is 1. The summed E-state index contributed by atoms with van der Waals surface area (Å²) in [6.07, 6.45) is 17.4.